The third-order valence-corrected chi connectivity index (χ3v) is 3.97. The molecule has 2 N–H and O–H groups in total. The van der Waals surface area contributed by atoms with Gasteiger partial charge in [0.1, 0.15) is 5.75 Å². The van der Waals surface area contributed by atoms with E-state index < -0.39 is 0 Å². The van der Waals surface area contributed by atoms with Crippen molar-refractivity contribution in [1.29, 1.82) is 0 Å². The van der Waals surface area contributed by atoms with Gasteiger partial charge in [-0.1, -0.05) is 24.3 Å². The lowest BCUT2D eigenvalue weighted by atomic mass is 10.1. The van der Waals surface area contributed by atoms with Gasteiger partial charge in [-0.2, -0.15) is 0 Å². The molecule has 0 spiro atoms. The maximum Gasteiger partial charge on any atom is 0.223 e. The van der Waals surface area contributed by atoms with E-state index >= 15 is 0 Å². The van der Waals surface area contributed by atoms with Gasteiger partial charge < -0.3 is 10.5 Å². The Kier molecular flexibility index (Phi) is 4.35. The Hall–Kier alpha value is -2.33. The van der Waals surface area contributed by atoms with Crippen LogP contribution in [0.3, 0.4) is 0 Å². The van der Waals surface area contributed by atoms with Crippen LogP contribution >= 0.6 is 11.6 Å². The summed E-state index contributed by atoms with van der Waals surface area (Å²) in [7, 11) is 0. The summed E-state index contributed by atoms with van der Waals surface area (Å²) in [6.45, 7) is 4.58. The number of halogens is 1. The summed E-state index contributed by atoms with van der Waals surface area (Å²) in [5.74, 6) is 0.921. The third kappa shape index (κ3) is 3.22. The molecule has 0 aliphatic heterocycles. The van der Waals surface area contributed by atoms with Crippen molar-refractivity contribution in [2.75, 3.05) is 12.3 Å². The van der Waals surface area contributed by atoms with E-state index in [0.717, 1.165) is 33.5 Å². The van der Waals surface area contributed by atoms with Crippen LogP contribution in [-0.4, -0.2) is 16.6 Å². The number of hydrogen-bond donors (Lipinski definition) is 1. The van der Waals surface area contributed by atoms with Crippen molar-refractivity contribution in [2.45, 2.75) is 20.3 Å². The van der Waals surface area contributed by atoms with Crippen molar-refractivity contribution in [3.63, 3.8) is 0 Å². The Labute approximate surface area is 140 Å². The van der Waals surface area contributed by atoms with Crippen LogP contribution < -0.4 is 10.5 Å². The summed E-state index contributed by atoms with van der Waals surface area (Å²) in [5, 5.41) is 1.08. The quantitative estimate of drug-likeness (QED) is 0.579. The lowest BCUT2D eigenvalue weighted by Gasteiger charge is -2.13. The molecular weight excluding hydrogens is 310 g/mol. The van der Waals surface area contributed by atoms with E-state index in [1.54, 1.807) is 0 Å². The predicted molar refractivity (Wildman–Crippen MR) is 94.1 cm³/mol. The van der Waals surface area contributed by atoms with E-state index in [-0.39, 0.29) is 5.28 Å². The normalized spacial score (nSPS) is 10.9. The second kappa shape index (κ2) is 6.42. The van der Waals surface area contributed by atoms with Crippen LogP contribution in [0.2, 0.25) is 5.28 Å². The van der Waals surface area contributed by atoms with Crippen LogP contribution in [0.5, 0.6) is 5.75 Å². The van der Waals surface area contributed by atoms with E-state index in [0.29, 0.717) is 18.7 Å². The second-order valence-corrected chi connectivity index (χ2v) is 5.84. The zero-order valence-electron chi connectivity index (χ0n) is 13.1. The molecule has 118 valence electrons. The van der Waals surface area contributed by atoms with Gasteiger partial charge in [-0.05, 0) is 48.7 Å². The summed E-state index contributed by atoms with van der Waals surface area (Å²) < 4.78 is 5.96. The lowest BCUT2D eigenvalue weighted by molar-refractivity contribution is 0.316. The maximum absolute atomic E-state index is 6.07. The van der Waals surface area contributed by atoms with Crippen molar-refractivity contribution in [3.05, 3.63) is 58.5 Å². The number of hydrogen-bond acceptors (Lipinski definition) is 4. The number of nitrogen functional groups attached to an aromatic ring is 1. The van der Waals surface area contributed by atoms with Gasteiger partial charge in [0.2, 0.25) is 5.28 Å². The third-order valence-electron chi connectivity index (χ3n) is 3.80. The first kappa shape index (κ1) is 15.6. The molecule has 0 aliphatic rings. The van der Waals surface area contributed by atoms with E-state index in [1.165, 1.54) is 0 Å². The molecule has 0 bridgehead atoms. The fraction of sp³-hybridized carbons (Fsp3) is 0.222. The van der Waals surface area contributed by atoms with Crippen LogP contribution in [0.25, 0.3) is 10.9 Å². The standard InChI is InChI=1S/C18H18ClN3O/c1-11-5-3-6-12(2)17(11)23-10-9-15-16-13(20)7-4-8-14(16)21-18(19)22-15/h3-8H,9-10,20H2,1-2H3. The van der Waals surface area contributed by atoms with Crippen LogP contribution in [0.1, 0.15) is 16.8 Å². The van der Waals surface area contributed by atoms with Crippen molar-refractivity contribution in [2.24, 2.45) is 0 Å². The van der Waals surface area contributed by atoms with Crippen LogP contribution in [0.15, 0.2) is 36.4 Å². The largest absolute Gasteiger partial charge is 0.493 e. The van der Waals surface area contributed by atoms with Gasteiger partial charge >= 0.3 is 0 Å². The number of nitrogens with zero attached hydrogens (tertiary/aromatic N) is 2. The average molecular weight is 328 g/mol. The monoisotopic (exact) mass is 327 g/mol. The minimum Gasteiger partial charge on any atom is -0.493 e. The maximum atomic E-state index is 6.07. The predicted octanol–water partition coefficient (Wildman–Crippen LogP) is 4.10. The Morgan fingerprint density at radius 1 is 1.04 bits per heavy atom. The number of aromatic nitrogens is 2. The number of ether oxygens (including phenoxy) is 1. The fourth-order valence-corrected chi connectivity index (χ4v) is 2.91. The molecule has 3 aromatic rings. The van der Waals surface area contributed by atoms with E-state index in [9.17, 15) is 0 Å². The number of rotatable bonds is 4. The topological polar surface area (TPSA) is 61.0 Å². The molecule has 23 heavy (non-hydrogen) atoms. The summed E-state index contributed by atoms with van der Waals surface area (Å²) in [6, 6.07) is 11.7. The molecule has 0 amide bonds. The molecule has 1 heterocycles. The zero-order chi connectivity index (χ0) is 16.4. The highest BCUT2D eigenvalue weighted by atomic mass is 35.5. The number of para-hydroxylation sites is 1. The molecule has 0 saturated carbocycles. The summed E-state index contributed by atoms with van der Waals surface area (Å²) in [6.07, 6.45) is 0.612. The molecule has 1 aromatic heterocycles. The smallest absolute Gasteiger partial charge is 0.223 e. The van der Waals surface area contributed by atoms with Crippen LogP contribution in [0.4, 0.5) is 5.69 Å². The van der Waals surface area contributed by atoms with Gasteiger partial charge in [-0.15, -0.1) is 0 Å². The Morgan fingerprint density at radius 3 is 2.48 bits per heavy atom. The van der Waals surface area contributed by atoms with Crippen LogP contribution in [0, 0.1) is 13.8 Å². The molecule has 0 fully saturated rings. The number of aryl methyl sites for hydroxylation is 2. The highest BCUT2D eigenvalue weighted by Gasteiger charge is 2.10. The van der Waals surface area contributed by atoms with E-state index in [1.807, 2.05) is 50.2 Å². The highest BCUT2D eigenvalue weighted by molar-refractivity contribution is 6.28. The second-order valence-electron chi connectivity index (χ2n) is 5.50. The number of benzene rings is 2. The van der Waals surface area contributed by atoms with Gasteiger partial charge in [0.15, 0.2) is 0 Å². The average Bonchev–Trinajstić information content (AvgIpc) is 2.49. The van der Waals surface area contributed by atoms with Crippen molar-refractivity contribution in [1.82, 2.24) is 9.97 Å². The first-order valence-corrected chi connectivity index (χ1v) is 7.83. The first-order valence-electron chi connectivity index (χ1n) is 7.46. The lowest BCUT2D eigenvalue weighted by Crippen LogP contribution is -2.07. The Morgan fingerprint density at radius 2 is 1.74 bits per heavy atom. The highest BCUT2D eigenvalue weighted by Crippen LogP contribution is 2.26. The molecule has 0 saturated heterocycles. The number of nitrogens with two attached hydrogens (primary N) is 1. The molecule has 0 atom stereocenters. The van der Waals surface area contributed by atoms with E-state index in [2.05, 4.69) is 9.97 Å². The first-order chi connectivity index (χ1) is 11.1. The molecule has 0 radical (unpaired) electrons. The summed E-state index contributed by atoms with van der Waals surface area (Å²) in [5.41, 5.74) is 10.5. The van der Waals surface area contributed by atoms with Gasteiger partial charge in [-0.3, -0.25) is 0 Å². The van der Waals surface area contributed by atoms with Gasteiger partial charge in [0.05, 0.1) is 17.8 Å². The molecule has 0 aliphatic carbocycles. The van der Waals surface area contributed by atoms with Gasteiger partial charge in [0.25, 0.3) is 0 Å². The molecule has 3 rings (SSSR count). The minimum absolute atomic E-state index is 0.227. The minimum atomic E-state index is 0.227. The Bertz CT molecular complexity index is 844. The number of fused-ring (bicyclic) bond motifs is 1. The van der Waals surface area contributed by atoms with E-state index in [4.69, 9.17) is 22.1 Å². The SMILES string of the molecule is Cc1cccc(C)c1OCCc1nc(Cl)nc2cccc(N)c12. The van der Waals surface area contributed by atoms with Crippen molar-refractivity contribution >= 4 is 28.2 Å². The van der Waals surface area contributed by atoms with Crippen molar-refractivity contribution < 1.29 is 4.74 Å². The summed E-state index contributed by atoms with van der Waals surface area (Å²) >= 11 is 6.02. The molecular formula is C18H18ClN3O. The molecule has 5 heteroatoms. The van der Waals surface area contributed by atoms with Gasteiger partial charge in [0, 0.05) is 17.5 Å². The zero-order valence-corrected chi connectivity index (χ0v) is 13.9. The molecule has 0 unspecified atom stereocenters. The van der Waals surface area contributed by atoms with Gasteiger partial charge in [-0.25, -0.2) is 9.97 Å². The van der Waals surface area contributed by atoms with Crippen molar-refractivity contribution in [3.8, 4) is 5.75 Å². The summed E-state index contributed by atoms with van der Waals surface area (Å²) in [4.78, 5) is 8.56. The molecule has 2 aromatic carbocycles. The Balaban J connectivity index is 1.85. The number of anilines is 1. The molecule has 4 nitrogen and oxygen atoms in total. The van der Waals surface area contributed by atoms with Crippen LogP contribution in [-0.2, 0) is 6.42 Å². The fourth-order valence-electron chi connectivity index (χ4n) is 2.71.